The summed E-state index contributed by atoms with van der Waals surface area (Å²) in [4.78, 5) is 9.43. The SMILES string of the molecule is ClC(Cl)=C1NC(c2ccc(Cl)cc2)=NCCCc2nc3ccccc3n21. The lowest BCUT2D eigenvalue weighted by atomic mass is 10.2. The van der Waals surface area contributed by atoms with Crippen molar-refractivity contribution in [1.29, 1.82) is 0 Å². The number of halogens is 3. The topological polar surface area (TPSA) is 42.2 Å². The Hall–Kier alpha value is -2.01. The van der Waals surface area contributed by atoms with Gasteiger partial charge in [0.05, 0.1) is 11.0 Å². The molecule has 1 N–H and O–H groups in total. The third-order valence-corrected chi connectivity index (χ3v) is 4.83. The molecule has 2 aromatic carbocycles. The maximum atomic E-state index is 6.26. The summed E-state index contributed by atoms with van der Waals surface area (Å²) in [6, 6.07) is 15.4. The summed E-state index contributed by atoms with van der Waals surface area (Å²) in [6.45, 7) is 0.668. The summed E-state index contributed by atoms with van der Waals surface area (Å²) in [5, 5.41) is 3.98. The third kappa shape index (κ3) is 3.32. The Morgan fingerprint density at radius 1 is 1.04 bits per heavy atom. The van der Waals surface area contributed by atoms with Crippen LogP contribution in [0.1, 0.15) is 17.8 Å². The highest BCUT2D eigenvalue weighted by Crippen LogP contribution is 2.26. The first-order chi connectivity index (χ1) is 12.6. The van der Waals surface area contributed by atoms with Crippen LogP contribution in [0.2, 0.25) is 5.02 Å². The van der Waals surface area contributed by atoms with E-state index in [0.717, 1.165) is 35.3 Å². The first kappa shape index (κ1) is 17.4. The fraction of sp³-hybridized carbons (Fsp3) is 0.158. The molecule has 0 fully saturated rings. The number of nitrogens with one attached hydrogen (secondary N) is 1. The smallest absolute Gasteiger partial charge is 0.148 e. The summed E-state index contributed by atoms with van der Waals surface area (Å²) >= 11 is 18.5. The second kappa shape index (κ2) is 7.31. The van der Waals surface area contributed by atoms with Crippen LogP contribution in [0, 0.1) is 0 Å². The minimum absolute atomic E-state index is 0.123. The number of para-hydroxylation sites is 2. The molecule has 0 amide bonds. The molecule has 0 saturated heterocycles. The van der Waals surface area contributed by atoms with Crippen molar-refractivity contribution in [1.82, 2.24) is 14.9 Å². The molecule has 132 valence electrons. The second-order valence-electron chi connectivity index (χ2n) is 5.93. The zero-order chi connectivity index (χ0) is 18.1. The molecule has 1 aliphatic heterocycles. The van der Waals surface area contributed by atoms with E-state index in [-0.39, 0.29) is 4.49 Å². The second-order valence-corrected chi connectivity index (χ2v) is 7.31. The summed E-state index contributed by atoms with van der Waals surface area (Å²) in [6.07, 6.45) is 1.65. The number of benzene rings is 2. The Balaban J connectivity index is 1.86. The van der Waals surface area contributed by atoms with Crippen molar-refractivity contribution in [2.24, 2.45) is 4.99 Å². The molecule has 7 heteroatoms. The number of imidazole rings is 1. The number of aromatic nitrogens is 2. The molecule has 0 atom stereocenters. The fourth-order valence-corrected chi connectivity index (χ4v) is 3.42. The molecule has 2 heterocycles. The number of fused-ring (bicyclic) bond motifs is 3. The molecule has 4 rings (SSSR count). The van der Waals surface area contributed by atoms with Crippen LogP contribution < -0.4 is 5.32 Å². The van der Waals surface area contributed by atoms with Crippen molar-refractivity contribution in [2.75, 3.05) is 6.54 Å². The number of nitrogens with zero attached hydrogens (tertiary/aromatic N) is 3. The highest BCUT2D eigenvalue weighted by Gasteiger charge is 2.19. The molecule has 0 bridgehead atoms. The van der Waals surface area contributed by atoms with E-state index in [2.05, 4.69) is 10.3 Å². The van der Waals surface area contributed by atoms with Crippen molar-refractivity contribution in [3.63, 3.8) is 0 Å². The molecule has 0 spiro atoms. The van der Waals surface area contributed by atoms with Gasteiger partial charge < -0.3 is 5.32 Å². The molecular weight excluding hydrogens is 391 g/mol. The average molecular weight is 406 g/mol. The maximum absolute atomic E-state index is 6.26. The van der Waals surface area contributed by atoms with Crippen LogP contribution in [0.3, 0.4) is 0 Å². The molecule has 0 radical (unpaired) electrons. The van der Waals surface area contributed by atoms with Crippen LogP contribution in [0.5, 0.6) is 0 Å². The van der Waals surface area contributed by atoms with Gasteiger partial charge in [-0.1, -0.05) is 46.9 Å². The monoisotopic (exact) mass is 404 g/mol. The molecule has 26 heavy (non-hydrogen) atoms. The van der Waals surface area contributed by atoms with E-state index < -0.39 is 0 Å². The lowest BCUT2D eigenvalue weighted by Crippen LogP contribution is -2.27. The lowest BCUT2D eigenvalue weighted by Gasteiger charge is -2.16. The first-order valence-electron chi connectivity index (χ1n) is 8.23. The lowest BCUT2D eigenvalue weighted by molar-refractivity contribution is 0.779. The Morgan fingerprint density at radius 3 is 2.58 bits per heavy atom. The molecule has 0 saturated carbocycles. The van der Waals surface area contributed by atoms with Gasteiger partial charge >= 0.3 is 0 Å². The van der Waals surface area contributed by atoms with Crippen LogP contribution in [0.25, 0.3) is 16.9 Å². The zero-order valence-corrected chi connectivity index (χ0v) is 16.0. The number of rotatable bonds is 1. The van der Waals surface area contributed by atoms with Gasteiger partial charge in [-0.25, -0.2) is 4.98 Å². The normalized spacial score (nSPS) is 14.7. The third-order valence-electron chi connectivity index (χ3n) is 4.22. The number of hydrogen-bond donors (Lipinski definition) is 1. The highest BCUT2D eigenvalue weighted by molar-refractivity contribution is 6.58. The van der Waals surface area contributed by atoms with Gasteiger partial charge in [-0.2, -0.15) is 0 Å². The van der Waals surface area contributed by atoms with Crippen LogP contribution in [0.4, 0.5) is 0 Å². The average Bonchev–Trinajstić information content (AvgIpc) is 3.02. The number of amidine groups is 1. The standard InChI is InChI=1S/C19H15Cl3N4/c20-13-9-7-12(8-10-13)18-23-11-3-6-16-24-14-4-1-2-5-15(14)26(16)19(25-18)17(21)22/h1-2,4-5,7-10H,3,6,11H2,(H,23,25). The molecule has 4 nitrogen and oxygen atoms in total. The summed E-state index contributed by atoms with van der Waals surface area (Å²) in [5.41, 5.74) is 2.76. The van der Waals surface area contributed by atoms with Gasteiger partial charge in [0.2, 0.25) is 0 Å². The minimum atomic E-state index is 0.123. The van der Waals surface area contributed by atoms with Crippen molar-refractivity contribution in [2.45, 2.75) is 12.8 Å². The van der Waals surface area contributed by atoms with E-state index in [4.69, 9.17) is 39.8 Å². The number of aryl methyl sites for hydroxylation is 1. The number of aliphatic imine (C=N–C) groups is 1. The number of hydrogen-bond acceptors (Lipinski definition) is 3. The molecule has 1 aliphatic rings. The van der Waals surface area contributed by atoms with Gasteiger partial charge in [-0.3, -0.25) is 9.56 Å². The van der Waals surface area contributed by atoms with Crippen LogP contribution in [-0.4, -0.2) is 21.9 Å². The van der Waals surface area contributed by atoms with E-state index in [0.29, 0.717) is 23.2 Å². The Labute approximate surface area is 166 Å². The van der Waals surface area contributed by atoms with Crippen molar-refractivity contribution in [3.8, 4) is 0 Å². The van der Waals surface area contributed by atoms with E-state index >= 15 is 0 Å². The fourth-order valence-electron chi connectivity index (χ4n) is 3.03. The Kier molecular flexibility index (Phi) is 4.90. The molecular formula is C19H15Cl3N4. The van der Waals surface area contributed by atoms with Gasteiger partial charge in [0, 0.05) is 23.6 Å². The van der Waals surface area contributed by atoms with Crippen molar-refractivity contribution in [3.05, 3.63) is 69.4 Å². The van der Waals surface area contributed by atoms with Crippen LogP contribution in [-0.2, 0) is 6.42 Å². The van der Waals surface area contributed by atoms with Gasteiger partial charge in [0.15, 0.2) is 0 Å². The molecule has 3 aromatic rings. The molecule has 1 aromatic heterocycles. The summed E-state index contributed by atoms with van der Waals surface area (Å²) in [5.74, 6) is 2.15. The maximum Gasteiger partial charge on any atom is 0.148 e. The first-order valence-corrected chi connectivity index (χ1v) is 9.36. The molecule has 0 aliphatic carbocycles. The predicted molar refractivity (Wildman–Crippen MR) is 109 cm³/mol. The van der Waals surface area contributed by atoms with E-state index in [1.807, 2.05) is 53.1 Å². The van der Waals surface area contributed by atoms with Gasteiger partial charge in [-0.05, 0) is 42.8 Å². The van der Waals surface area contributed by atoms with Crippen molar-refractivity contribution >= 4 is 57.5 Å². The Morgan fingerprint density at radius 2 is 1.81 bits per heavy atom. The van der Waals surface area contributed by atoms with Gasteiger partial charge in [0.25, 0.3) is 0 Å². The van der Waals surface area contributed by atoms with Crippen LogP contribution >= 0.6 is 34.8 Å². The van der Waals surface area contributed by atoms with E-state index in [1.54, 1.807) is 0 Å². The van der Waals surface area contributed by atoms with E-state index in [1.165, 1.54) is 0 Å². The Bertz CT molecular complexity index is 1010. The quantitative estimate of drug-likeness (QED) is 0.602. The van der Waals surface area contributed by atoms with Crippen molar-refractivity contribution < 1.29 is 0 Å². The summed E-state index contributed by atoms with van der Waals surface area (Å²) in [7, 11) is 0. The van der Waals surface area contributed by atoms with E-state index in [9.17, 15) is 0 Å². The predicted octanol–water partition coefficient (Wildman–Crippen LogP) is 5.23. The van der Waals surface area contributed by atoms with Crippen LogP contribution in [0.15, 0.2) is 58.0 Å². The van der Waals surface area contributed by atoms with Gasteiger partial charge in [0.1, 0.15) is 22.0 Å². The largest absolute Gasteiger partial charge is 0.324 e. The molecule has 0 unspecified atom stereocenters. The summed E-state index contributed by atoms with van der Waals surface area (Å²) < 4.78 is 2.10. The highest BCUT2D eigenvalue weighted by atomic mass is 35.5. The minimum Gasteiger partial charge on any atom is -0.324 e. The zero-order valence-electron chi connectivity index (χ0n) is 13.7. The van der Waals surface area contributed by atoms with Gasteiger partial charge in [-0.15, -0.1) is 0 Å².